The van der Waals surface area contributed by atoms with Gasteiger partial charge in [-0.2, -0.15) is 0 Å². The van der Waals surface area contributed by atoms with Gasteiger partial charge in [-0.3, -0.25) is 9.59 Å². The number of carbonyl (C=O) groups is 2. The Labute approximate surface area is 154 Å². The lowest BCUT2D eigenvalue weighted by Crippen LogP contribution is -2.46. The fraction of sp³-hybridized carbons (Fsp3) is 0.263. The first kappa shape index (κ1) is 18.3. The topological polar surface area (TPSA) is 49.4 Å². The van der Waals surface area contributed by atoms with Crippen molar-refractivity contribution in [2.75, 3.05) is 13.1 Å². The van der Waals surface area contributed by atoms with E-state index in [-0.39, 0.29) is 22.5 Å². The first-order valence-corrected chi connectivity index (χ1v) is 8.63. The molecule has 0 spiro atoms. The summed E-state index contributed by atoms with van der Waals surface area (Å²) in [6.07, 6.45) is 1.05. The van der Waals surface area contributed by atoms with E-state index < -0.39 is 17.5 Å². The third-order valence-electron chi connectivity index (χ3n) is 4.38. The van der Waals surface area contributed by atoms with Gasteiger partial charge >= 0.3 is 0 Å². The van der Waals surface area contributed by atoms with Crippen molar-refractivity contribution in [3.8, 4) is 0 Å². The predicted octanol–water partition coefficient (Wildman–Crippen LogP) is 3.65. The third-order valence-corrected chi connectivity index (χ3v) is 4.69. The average Bonchev–Trinajstić information content (AvgIpc) is 2.61. The molecule has 1 heterocycles. The molecule has 4 nitrogen and oxygen atoms in total. The maximum absolute atomic E-state index is 13.8. The van der Waals surface area contributed by atoms with E-state index in [1.807, 2.05) is 0 Å². The zero-order valence-electron chi connectivity index (χ0n) is 13.8. The third kappa shape index (κ3) is 4.02. The van der Waals surface area contributed by atoms with Crippen molar-refractivity contribution in [2.45, 2.75) is 18.9 Å². The van der Waals surface area contributed by atoms with E-state index in [9.17, 15) is 18.4 Å². The molecule has 2 aromatic rings. The van der Waals surface area contributed by atoms with Crippen LogP contribution in [0.1, 0.15) is 33.6 Å². The average molecular weight is 379 g/mol. The number of hydrogen-bond acceptors (Lipinski definition) is 2. The minimum atomic E-state index is -0.672. The van der Waals surface area contributed by atoms with Gasteiger partial charge in [0, 0.05) is 24.7 Å². The molecule has 2 aromatic carbocycles. The molecule has 136 valence electrons. The Kier molecular flexibility index (Phi) is 5.52. The van der Waals surface area contributed by atoms with Gasteiger partial charge in [0.05, 0.1) is 10.6 Å². The number of amides is 2. The normalized spacial score (nSPS) is 15.0. The van der Waals surface area contributed by atoms with Crippen LogP contribution in [-0.4, -0.2) is 35.8 Å². The maximum Gasteiger partial charge on any atom is 0.255 e. The second-order valence-corrected chi connectivity index (χ2v) is 6.55. The number of piperidine rings is 1. The van der Waals surface area contributed by atoms with Gasteiger partial charge in [-0.15, -0.1) is 0 Å². The van der Waals surface area contributed by atoms with E-state index in [1.54, 1.807) is 11.0 Å². The van der Waals surface area contributed by atoms with E-state index >= 15 is 0 Å². The summed E-state index contributed by atoms with van der Waals surface area (Å²) in [6, 6.07) is 9.44. The standard InChI is InChI=1S/C19H17ClF2N2O2/c20-15-5-2-6-16(22)17(15)18(25)23-14-7-9-24(10-8-14)19(26)12-3-1-4-13(21)11-12/h1-6,11,14H,7-10H2,(H,23,25). The molecule has 1 saturated heterocycles. The van der Waals surface area contributed by atoms with Gasteiger partial charge in [0.25, 0.3) is 11.8 Å². The largest absolute Gasteiger partial charge is 0.349 e. The van der Waals surface area contributed by atoms with Gasteiger partial charge in [0.2, 0.25) is 0 Å². The molecule has 0 radical (unpaired) electrons. The molecule has 0 bridgehead atoms. The summed E-state index contributed by atoms with van der Waals surface area (Å²) in [5.41, 5.74) is 0.123. The van der Waals surface area contributed by atoms with Crippen LogP contribution in [0.3, 0.4) is 0 Å². The van der Waals surface area contributed by atoms with Crippen molar-refractivity contribution in [3.05, 3.63) is 70.2 Å². The lowest BCUT2D eigenvalue weighted by molar-refractivity contribution is 0.0697. The molecule has 3 rings (SSSR count). The van der Waals surface area contributed by atoms with Gasteiger partial charge in [-0.05, 0) is 43.2 Å². The Hall–Kier alpha value is -2.47. The Morgan fingerprint density at radius 2 is 1.77 bits per heavy atom. The summed E-state index contributed by atoms with van der Waals surface area (Å²) in [4.78, 5) is 26.3. The fourth-order valence-electron chi connectivity index (χ4n) is 3.00. The molecule has 0 saturated carbocycles. The molecule has 1 fully saturated rings. The quantitative estimate of drug-likeness (QED) is 0.886. The minimum absolute atomic E-state index is 0.0567. The second-order valence-electron chi connectivity index (χ2n) is 6.15. The molecule has 0 unspecified atom stereocenters. The van der Waals surface area contributed by atoms with Gasteiger partial charge in [0.1, 0.15) is 11.6 Å². The summed E-state index contributed by atoms with van der Waals surface area (Å²) in [5.74, 6) is -1.94. The summed E-state index contributed by atoms with van der Waals surface area (Å²) in [5, 5.41) is 2.82. The molecule has 2 amide bonds. The number of nitrogens with zero attached hydrogens (tertiary/aromatic N) is 1. The highest BCUT2D eigenvalue weighted by atomic mass is 35.5. The molecule has 0 atom stereocenters. The van der Waals surface area contributed by atoms with E-state index in [2.05, 4.69) is 5.32 Å². The molecule has 0 aromatic heterocycles. The van der Waals surface area contributed by atoms with Crippen LogP contribution in [0, 0.1) is 11.6 Å². The first-order valence-electron chi connectivity index (χ1n) is 8.25. The van der Waals surface area contributed by atoms with Gasteiger partial charge < -0.3 is 10.2 Å². The SMILES string of the molecule is O=C(NC1CCN(C(=O)c2cccc(F)c2)CC1)c1c(F)cccc1Cl. The lowest BCUT2D eigenvalue weighted by Gasteiger charge is -2.32. The van der Waals surface area contributed by atoms with Crippen LogP contribution in [0.15, 0.2) is 42.5 Å². The number of likely N-dealkylation sites (tertiary alicyclic amines) is 1. The summed E-state index contributed by atoms with van der Waals surface area (Å²) in [6.45, 7) is 0.844. The Morgan fingerprint density at radius 1 is 1.08 bits per heavy atom. The first-order chi connectivity index (χ1) is 12.5. The highest BCUT2D eigenvalue weighted by molar-refractivity contribution is 6.33. The smallest absolute Gasteiger partial charge is 0.255 e. The van der Waals surface area contributed by atoms with Gasteiger partial charge in [-0.1, -0.05) is 23.7 Å². The zero-order valence-corrected chi connectivity index (χ0v) is 14.6. The van der Waals surface area contributed by atoms with Gasteiger partial charge in [-0.25, -0.2) is 8.78 Å². The highest BCUT2D eigenvalue weighted by Gasteiger charge is 2.26. The molecular weight excluding hydrogens is 362 g/mol. The van der Waals surface area contributed by atoms with Crippen LogP contribution in [0.5, 0.6) is 0 Å². The maximum atomic E-state index is 13.8. The van der Waals surface area contributed by atoms with Crippen molar-refractivity contribution < 1.29 is 18.4 Å². The zero-order chi connectivity index (χ0) is 18.7. The lowest BCUT2D eigenvalue weighted by atomic mass is 10.0. The van der Waals surface area contributed by atoms with Crippen LogP contribution in [-0.2, 0) is 0 Å². The number of benzene rings is 2. The molecule has 1 aliphatic heterocycles. The van der Waals surface area contributed by atoms with Crippen molar-refractivity contribution in [1.82, 2.24) is 10.2 Å². The number of hydrogen-bond donors (Lipinski definition) is 1. The van der Waals surface area contributed by atoms with Crippen LogP contribution < -0.4 is 5.32 Å². The number of nitrogens with one attached hydrogen (secondary N) is 1. The Bertz CT molecular complexity index is 816. The number of rotatable bonds is 3. The monoisotopic (exact) mass is 378 g/mol. The number of carbonyl (C=O) groups excluding carboxylic acids is 2. The van der Waals surface area contributed by atoms with Crippen LogP contribution >= 0.6 is 11.6 Å². The summed E-state index contributed by atoms with van der Waals surface area (Å²) >= 11 is 5.90. The second kappa shape index (κ2) is 7.83. The van der Waals surface area contributed by atoms with E-state index in [0.29, 0.717) is 31.5 Å². The van der Waals surface area contributed by atoms with Crippen LogP contribution in [0.25, 0.3) is 0 Å². The fourth-order valence-corrected chi connectivity index (χ4v) is 3.25. The minimum Gasteiger partial charge on any atom is -0.349 e. The van der Waals surface area contributed by atoms with Crippen molar-refractivity contribution >= 4 is 23.4 Å². The molecular formula is C19H17ClF2N2O2. The highest BCUT2D eigenvalue weighted by Crippen LogP contribution is 2.20. The predicted molar refractivity (Wildman–Crippen MR) is 94.2 cm³/mol. The Balaban J connectivity index is 1.59. The molecule has 7 heteroatoms. The molecule has 0 aliphatic carbocycles. The van der Waals surface area contributed by atoms with Crippen molar-refractivity contribution in [3.63, 3.8) is 0 Å². The van der Waals surface area contributed by atoms with E-state index in [0.717, 1.165) is 0 Å². The molecule has 1 N–H and O–H groups in total. The summed E-state index contributed by atoms with van der Waals surface area (Å²) < 4.78 is 27.1. The van der Waals surface area contributed by atoms with Gasteiger partial charge in [0.15, 0.2) is 0 Å². The van der Waals surface area contributed by atoms with Crippen molar-refractivity contribution in [1.29, 1.82) is 0 Å². The molecule has 1 aliphatic rings. The number of halogens is 3. The van der Waals surface area contributed by atoms with Crippen molar-refractivity contribution in [2.24, 2.45) is 0 Å². The van der Waals surface area contributed by atoms with E-state index in [4.69, 9.17) is 11.6 Å². The molecule has 26 heavy (non-hydrogen) atoms. The van der Waals surface area contributed by atoms with Crippen LogP contribution in [0.4, 0.5) is 8.78 Å². The Morgan fingerprint density at radius 3 is 2.42 bits per heavy atom. The van der Waals surface area contributed by atoms with Crippen LogP contribution in [0.2, 0.25) is 5.02 Å². The summed E-state index contributed by atoms with van der Waals surface area (Å²) in [7, 11) is 0. The van der Waals surface area contributed by atoms with E-state index in [1.165, 1.54) is 36.4 Å².